The fourth-order valence-corrected chi connectivity index (χ4v) is 2.41. The Kier molecular flexibility index (Phi) is 4.00. The molecule has 4 nitrogen and oxygen atoms in total. The van der Waals surface area contributed by atoms with E-state index < -0.39 is 6.10 Å². The Hall–Kier alpha value is -2.85. The van der Waals surface area contributed by atoms with Crippen molar-refractivity contribution in [1.82, 2.24) is 0 Å². The van der Waals surface area contributed by atoms with Crippen molar-refractivity contribution in [3.8, 4) is 5.75 Å². The number of aliphatic hydroxyl groups is 1. The summed E-state index contributed by atoms with van der Waals surface area (Å²) in [5.74, 6) is 0.00539. The Morgan fingerprint density at radius 3 is 2.74 bits per heavy atom. The Balaban J connectivity index is 1.97. The summed E-state index contributed by atoms with van der Waals surface area (Å²) in [5.41, 5.74) is 2.07. The minimum absolute atomic E-state index is 0.00539. The van der Waals surface area contributed by atoms with E-state index in [9.17, 15) is 15.0 Å². The number of aryl methyl sites for hydroxylation is 1. The predicted molar refractivity (Wildman–Crippen MR) is 89.3 cm³/mol. The molecule has 1 heterocycles. The van der Waals surface area contributed by atoms with Gasteiger partial charge in [-0.3, -0.25) is 4.79 Å². The lowest BCUT2D eigenvalue weighted by Crippen LogP contribution is -2.05. The molecule has 1 aromatic heterocycles. The number of aromatic hydroxyl groups is 1. The van der Waals surface area contributed by atoms with Crippen LogP contribution in [0.4, 0.5) is 0 Å². The van der Waals surface area contributed by atoms with Crippen molar-refractivity contribution >= 4 is 17.0 Å². The van der Waals surface area contributed by atoms with Crippen LogP contribution in [0.1, 0.15) is 22.8 Å². The number of aliphatic hydroxyl groups excluding tert-OH is 1. The fraction of sp³-hybridized carbons (Fsp3) is 0.105. The molecule has 3 aromatic rings. The Labute approximate surface area is 132 Å². The zero-order valence-electron chi connectivity index (χ0n) is 12.6. The van der Waals surface area contributed by atoms with Crippen molar-refractivity contribution in [3.63, 3.8) is 0 Å². The van der Waals surface area contributed by atoms with Crippen molar-refractivity contribution in [2.45, 2.75) is 13.0 Å². The van der Waals surface area contributed by atoms with Gasteiger partial charge in [-0.1, -0.05) is 35.9 Å². The minimum Gasteiger partial charge on any atom is -0.508 e. The lowest BCUT2D eigenvalue weighted by atomic mass is 10.1. The molecule has 116 valence electrons. The van der Waals surface area contributed by atoms with Crippen LogP contribution in [0.15, 0.2) is 64.0 Å². The molecule has 0 fully saturated rings. The van der Waals surface area contributed by atoms with Gasteiger partial charge in [-0.15, -0.1) is 0 Å². The number of hydrogen-bond acceptors (Lipinski definition) is 4. The van der Waals surface area contributed by atoms with E-state index in [1.165, 1.54) is 24.5 Å². The molecule has 2 N–H and O–H groups in total. The van der Waals surface area contributed by atoms with Crippen LogP contribution in [0.3, 0.4) is 0 Å². The molecule has 4 heteroatoms. The van der Waals surface area contributed by atoms with Gasteiger partial charge in [0, 0.05) is 5.56 Å². The first-order chi connectivity index (χ1) is 11.1. The van der Waals surface area contributed by atoms with Gasteiger partial charge in [-0.25, -0.2) is 0 Å². The first-order valence-electron chi connectivity index (χ1n) is 7.22. The molecule has 0 saturated heterocycles. The summed E-state index contributed by atoms with van der Waals surface area (Å²) in [7, 11) is 0. The first kappa shape index (κ1) is 15.1. The van der Waals surface area contributed by atoms with Crippen molar-refractivity contribution in [2.75, 3.05) is 0 Å². The van der Waals surface area contributed by atoms with Crippen LogP contribution in [-0.2, 0) is 0 Å². The molecule has 0 radical (unpaired) electrons. The van der Waals surface area contributed by atoms with Crippen LogP contribution < -0.4 is 5.43 Å². The van der Waals surface area contributed by atoms with Crippen molar-refractivity contribution in [1.29, 1.82) is 0 Å². The van der Waals surface area contributed by atoms with Crippen LogP contribution in [0.2, 0.25) is 0 Å². The minimum atomic E-state index is -1.01. The highest BCUT2D eigenvalue weighted by atomic mass is 16.3. The topological polar surface area (TPSA) is 70.7 Å². The molecule has 23 heavy (non-hydrogen) atoms. The summed E-state index contributed by atoms with van der Waals surface area (Å²) in [5, 5.41) is 20.4. The van der Waals surface area contributed by atoms with E-state index in [2.05, 4.69) is 0 Å². The van der Waals surface area contributed by atoms with Gasteiger partial charge >= 0.3 is 0 Å². The fourth-order valence-electron chi connectivity index (χ4n) is 2.41. The number of rotatable bonds is 3. The van der Waals surface area contributed by atoms with Gasteiger partial charge in [0.1, 0.15) is 23.7 Å². The summed E-state index contributed by atoms with van der Waals surface area (Å²) in [6.07, 6.45) is 3.31. The summed E-state index contributed by atoms with van der Waals surface area (Å²) >= 11 is 0. The Bertz CT molecular complexity index is 937. The third-order valence-electron chi connectivity index (χ3n) is 3.67. The highest BCUT2D eigenvalue weighted by molar-refractivity contribution is 5.79. The Morgan fingerprint density at radius 2 is 1.96 bits per heavy atom. The van der Waals surface area contributed by atoms with E-state index in [1.807, 2.05) is 13.0 Å². The molecule has 0 saturated carbocycles. The molecular weight excluding hydrogens is 292 g/mol. The molecule has 0 bridgehead atoms. The number of phenols is 1. The molecule has 2 aromatic carbocycles. The summed E-state index contributed by atoms with van der Waals surface area (Å²) in [4.78, 5) is 12.5. The van der Waals surface area contributed by atoms with E-state index in [4.69, 9.17) is 4.42 Å². The Morgan fingerprint density at radius 1 is 1.17 bits per heavy atom. The van der Waals surface area contributed by atoms with E-state index >= 15 is 0 Å². The van der Waals surface area contributed by atoms with Gasteiger partial charge in [0.15, 0.2) is 5.43 Å². The lowest BCUT2D eigenvalue weighted by Gasteiger charge is -2.07. The molecule has 1 atom stereocenters. The quantitative estimate of drug-likeness (QED) is 0.776. The third kappa shape index (κ3) is 3.03. The number of phenolic OH excluding ortho intramolecular Hbond substituents is 1. The molecule has 0 spiro atoms. The summed E-state index contributed by atoms with van der Waals surface area (Å²) in [6.45, 7) is 1.91. The average molecular weight is 308 g/mol. The molecule has 0 amide bonds. The zero-order chi connectivity index (χ0) is 16.4. The normalized spacial score (nSPS) is 12.8. The maximum atomic E-state index is 12.5. The van der Waals surface area contributed by atoms with Crippen LogP contribution >= 0.6 is 0 Å². The molecule has 1 unspecified atom stereocenters. The molecule has 0 aliphatic heterocycles. The van der Waals surface area contributed by atoms with Gasteiger partial charge in [-0.2, -0.15) is 0 Å². The molecule has 0 aliphatic rings. The molecular formula is C19H16O4. The number of benzene rings is 2. The lowest BCUT2D eigenvalue weighted by molar-refractivity contribution is 0.224. The highest BCUT2D eigenvalue weighted by Gasteiger charge is 2.09. The maximum absolute atomic E-state index is 12.5. The third-order valence-corrected chi connectivity index (χ3v) is 3.67. The van der Waals surface area contributed by atoms with Crippen molar-refractivity contribution < 1.29 is 14.6 Å². The van der Waals surface area contributed by atoms with Gasteiger partial charge in [0.2, 0.25) is 0 Å². The van der Waals surface area contributed by atoms with Crippen LogP contribution in [0, 0.1) is 6.92 Å². The second-order valence-corrected chi connectivity index (χ2v) is 5.38. The van der Waals surface area contributed by atoms with Crippen LogP contribution in [0.5, 0.6) is 5.75 Å². The predicted octanol–water partition coefficient (Wildman–Crippen LogP) is 3.55. The number of fused-ring (bicyclic) bond motifs is 1. The first-order valence-corrected chi connectivity index (χ1v) is 7.22. The monoisotopic (exact) mass is 308 g/mol. The van der Waals surface area contributed by atoms with E-state index in [0.717, 1.165) is 5.56 Å². The maximum Gasteiger partial charge on any atom is 0.199 e. The van der Waals surface area contributed by atoms with Crippen molar-refractivity contribution in [3.05, 3.63) is 81.7 Å². The summed E-state index contributed by atoms with van der Waals surface area (Å²) < 4.78 is 5.46. The van der Waals surface area contributed by atoms with Crippen LogP contribution in [0.25, 0.3) is 17.0 Å². The molecule has 0 aliphatic carbocycles. The standard InChI is InChI=1S/C19H16O4/c1-12-6-9-18-15(10-12)19(22)13(11-23-18)7-8-17(21)14-4-2-3-5-16(14)20/h2-11,17,20-21H,1H3/b8-7+. The number of para-hydroxylation sites is 1. The number of hydrogen-bond donors (Lipinski definition) is 2. The van der Waals surface area contributed by atoms with Crippen molar-refractivity contribution in [2.24, 2.45) is 0 Å². The SMILES string of the molecule is Cc1ccc2occ(/C=C/C(O)c3ccccc3O)c(=O)c2c1. The zero-order valence-corrected chi connectivity index (χ0v) is 12.6. The summed E-state index contributed by atoms with van der Waals surface area (Å²) in [6, 6.07) is 11.9. The second-order valence-electron chi connectivity index (χ2n) is 5.38. The average Bonchev–Trinajstić information content (AvgIpc) is 2.55. The van der Waals surface area contributed by atoms with E-state index in [-0.39, 0.29) is 11.2 Å². The smallest absolute Gasteiger partial charge is 0.199 e. The largest absolute Gasteiger partial charge is 0.508 e. The van der Waals surface area contributed by atoms with Crippen LogP contribution in [-0.4, -0.2) is 10.2 Å². The van der Waals surface area contributed by atoms with E-state index in [1.54, 1.807) is 30.3 Å². The van der Waals surface area contributed by atoms with Gasteiger partial charge < -0.3 is 14.6 Å². The molecule has 3 rings (SSSR count). The highest BCUT2D eigenvalue weighted by Crippen LogP contribution is 2.25. The van der Waals surface area contributed by atoms with Gasteiger partial charge in [0.05, 0.1) is 10.9 Å². The van der Waals surface area contributed by atoms with Gasteiger partial charge in [0.25, 0.3) is 0 Å². The second kappa shape index (κ2) is 6.10. The van der Waals surface area contributed by atoms with E-state index in [0.29, 0.717) is 22.1 Å². The van der Waals surface area contributed by atoms with Gasteiger partial charge in [-0.05, 0) is 31.2 Å².